The lowest BCUT2D eigenvalue weighted by molar-refractivity contribution is 0.0519. The maximum absolute atomic E-state index is 11.5. The number of rotatable bonds is 5. The van der Waals surface area contributed by atoms with Crippen LogP contribution in [0.25, 0.3) is 0 Å². The third kappa shape index (κ3) is 3.75. The third-order valence-corrected chi connectivity index (χ3v) is 3.68. The number of halogens is 1. The molecule has 4 nitrogen and oxygen atoms in total. The van der Waals surface area contributed by atoms with Gasteiger partial charge in [0.2, 0.25) is 0 Å². The number of H-pyrrole nitrogens is 1. The van der Waals surface area contributed by atoms with Crippen LogP contribution in [0.5, 0.6) is 0 Å². The van der Waals surface area contributed by atoms with Crippen LogP contribution in [0.3, 0.4) is 0 Å². The zero-order valence-electron chi connectivity index (χ0n) is 10.4. The van der Waals surface area contributed by atoms with E-state index >= 15 is 0 Å². The minimum absolute atomic E-state index is 0.347. The summed E-state index contributed by atoms with van der Waals surface area (Å²) in [4.78, 5) is 18.5. The lowest BCUT2D eigenvalue weighted by Gasteiger charge is -2.01. The lowest BCUT2D eigenvalue weighted by atomic mass is 10.2. The van der Waals surface area contributed by atoms with Gasteiger partial charge in [-0.15, -0.1) is 0 Å². The molecule has 1 heterocycles. The highest BCUT2D eigenvalue weighted by Crippen LogP contribution is 2.24. The Morgan fingerprint density at radius 2 is 2.26 bits per heavy atom. The van der Waals surface area contributed by atoms with Crippen LogP contribution in [-0.2, 0) is 10.5 Å². The summed E-state index contributed by atoms with van der Waals surface area (Å²) in [5, 5.41) is 1.40. The first-order valence-corrected chi connectivity index (χ1v) is 7.15. The number of benzene rings is 1. The predicted octanol–water partition coefficient (Wildman–Crippen LogP) is 3.53. The summed E-state index contributed by atoms with van der Waals surface area (Å²) in [5.74, 6) is 0.301. The van der Waals surface area contributed by atoms with Gasteiger partial charge in [-0.25, -0.2) is 9.78 Å². The lowest BCUT2D eigenvalue weighted by Crippen LogP contribution is -2.04. The summed E-state index contributed by atoms with van der Waals surface area (Å²) in [5.41, 5.74) is 1.40. The number of carbonyl (C=O) groups is 1. The van der Waals surface area contributed by atoms with E-state index in [-0.39, 0.29) is 5.97 Å². The Balaban J connectivity index is 1.97. The van der Waals surface area contributed by atoms with Gasteiger partial charge in [-0.2, -0.15) is 0 Å². The largest absolute Gasteiger partial charge is 0.461 e. The van der Waals surface area contributed by atoms with E-state index in [1.165, 1.54) is 18.0 Å². The Kier molecular flexibility index (Phi) is 4.87. The van der Waals surface area contributed by atoms with E-state index in [4.69, 9.17) is 16.3 Å². The van der Waals surface area contributed by atoms with Crippen LogP contribution in [0.1, 0.15) is 23.0 Å². The van der Waals surface area contributed by atoms with Gasteiger partial charge in [0.15, 0.2) is 5.16 Å². The monoisotopic (exact) mass is 296 g/mol. The van der Waals surface area contributed by atoms with Crippen molar-refractivity contribution in [3.8, 4) is 0 Å². The molecule has 1 aromatic heterocycles. The fourth-order valence-electron chi connectivity index (χ4n) is 1.45. The number of carbonyl (C=O) groups excluding carboxylic acids is 1. The van der Waals surface area contributed by atoms with Crippen molar-refractivity contribution >= 4 is 29.3 Å². The highest BCUT2D eigenvalue weighted by atomic mass is 35.5. The van der Waals surface area contributed by atoms with Gasteiger partial charge in [0.1, 0.15) is 5.69 Å². The van der Waals surface area contributed by atoms with Crippen molar-refractivity contribution in [2.75, 3.05) is 6.61 Å². The standard InChI is InChI=1S/C13H13ClN2O2S/c1-2-18-12(17)11-7-15-13(16-11)19-8-9-5-3-4-6-10(9)14/h3-7H,2,8H2,1H3,(H,15,16). The number of nitrogens with one attached hydrogen (secondary N) is 1. The molecule has 19 heavy (non-hydrogen) atoms. The molecule has 0 atom stereocenters. The van der Waals surface area contributed by atoms with Gasteiger partial charge in [0.25, 0.3) is 0 Å². The van der Waals surface area contributed by atoms with Crippen molar-refractivity contribution < 1.29 is 9.53 Å². The zero-order valence-corrected chi connectivity index (χ0v) is 11.9. The van der Waals surface area contributed by atoms with E-state index in [0.717, 1.165) is 10.6 Å². The van der Waals surface area contributed by atoms with E-state index in [2.05, 4.69) is 9.97 Å². The Hall–Kier alpha value is -1.46. The van der Waals surface area contributed by atoms with E-state index in [1.807, 2.05) is 24.3 Å². The minimum Gasteiger partial charge on any atom is -0.461 e. The Morgan fingerprint density at radius 1 is 1.47 bits per heavy atom. The van der Waals surface area contributed by atoms with Crippen LogP contribution < -0.4 is 0 Å². The van der Waals surface area contributed by atoms with Crippen LogP contribution in [0.4, 0.5) is 0 Å². The van der Waals surface area contributed by atoms with Crippen molar-refractivity contribution in [3.63, 3.8) is 0 Å². The van der Waals surface area contributed by atoms with Crippen molar-refractivity contribution in [1.82, 2.24) is 9.97 Å². The van der Waals surface area contributed by atoms with Crippen LogP contribution in [0.15, 0.2) is 35.6 Å². The molecule has 6 heteroatoms. The Morgan fingerprint density at radius 3 is 3.00 bits per heavy atom. The normalized spacial score (nSPS) is 10.4. The molecule has 0 aliphatic rings. The summed E-state index contributed by atoms with van der Waals surface area (Å²) in [6.07, 6.45) is 1.48. The molecule has 0 saturated carbocycles. The molecule has 1 aromatic carbocycles. The molecule has 0 bridgehead atoms. The fourth-order valence-corrected chi connectivity index (χ4v) is 2.59. The number of esters is 1. The highest BCUT2D eigenvalue weighted by molar-refractivity contribution is 7.98. The smallest absolute Gasteiger partial charge is 0.356 e. The number of hydrogen-bond acceptors (Lipinski definition) is 4. The van der Waals surface area contributed by atoms with E-state index in [9.17, 15) is 4.79 Å². The maximum Gasteiger partial charge on any atom is 0.356 e. The van der Waals surface area contributed by atoms with Crippen molar-refractivity contribution in [2.45, 2.75) is 17.8 Å². The number of imidazole rings is 1. The van der Waals surface area contributed by atoms with Crippen molar-refractivity contribution in [1.29, 1.82) is 0 Å². The summed E-state index contributed by atoms with van der Waals surface area (Å²) in [7, 11) is 0. The fraction of sp³-hybridized carbons (Fsp3) is 0.231. The van der Waals surface area contributed by atoms with E-state index in [0.29, 0.717) is 23.2 Å². The molecular weight excluding hydrogens is 284 g/mol. The molecule has 0 radical (unpaired) electrons. The summed E-state index contributed by atoms with van der Waals surface area (Å²) in [6.45, 7) is 2.11. The molecule has 0 saturated heterocycles. The number of ether oxygens (including phenoxy) is 1. The number of aromatic nitrogens is 2. The number of aromatic amines is 1. The van der Waals surface area contributed by atoms with Crippen LogP contribution in [0.2, 0.25) is 5.02 Å². The SMILES string of the molecule is CCOC(=O)c1cnc(SCc2ccccc2Cl)[nH]1. The number of nitrogens with zero attached hydrogens (tertiary/aromatic N) is 1. The van der Waals surface area contributed by atoms with Gasteiger partial charge in [0.05, 0.1) is 12.8 Å². The molecule has 0 fully saturated rings. The van der Waals surface area contributed by atoms with Gasteiger partial charge in [-0.05, 0) is 18.6 Å². The Labute approximate surface area is 120 Å². The second kappa shape index (κ2) is 6.63. The quantitative estimate of drug-likeness (QED) is 0.677. The molecule has 2 rings (SSSR count). The first kappa shape index (κ1) is 14.0. The number of thioether (sulfide) groups is 1. The molecule has 0 aliphatic heterocycles. The van der Waals surface area contributed by atoms with E-state index in [1.54, 1.807) is 6.92 Å². The number of hydrogen-bond donors (Lipinski definition) is 1. The van der Waals surface area contributed by atoms with Crippen LogP contribution in [0, 0.1) is 0 Å². The van der Waals surface area contributed by atoms with Gasteiger partial charge >= 0.3 is 5.97 Å². The van der Waals surface area contributed by atoms with Gasteiger partial charge in [0, 0.05) is 10.8 Å². The van der Waals surface area contributed by atoms with Crippen molar-refractivity contribution in [3.05, 3.63) is 46.7 Å². The first-order chi connectivity index (χ1) is 9.20. The van der Waals surface area contributed by atoms with Gasteiger partial charge in [-0.1, -0.05) is 41.6 Å². The van der Waals surface area contributed by atoms with Gasteiger partial charge in [-0.3, -0.25) is 0 Å². The van der Waals surface area contributed by atoms with E-state index < -0.39 is 0 Å². The molecular formula is C13H13ClN2O2S. The zero-order chi connectivity index (χ0) is 13.7. The average molecular weight is 297 g/mol. The second-order valence-corrected chi connectivity index (χ2v) is 5.07. The molecule has 100 valence electrons. The molecule has 1 N–H and O–H groups in total. The van der Waals surface area contributed by atoms with Crippen LogP contribution >= 0.6 is 23.4 Å². The predicted molar refractivity (Wildman–Crippen MR) is 75.6 cm³/mol. The van der Waals surface area contributed by atoms with Crippen molar-refractivity contribution in [2.24, 2.45) is 0 Å². The molecule has 0 spiro atoms. The molecule has 0 amide bonds. The first-order valence-electron chi connectivity index (χ1n) is 5.79. The summed E-state index contributed by atoms with van der Waals surface area (Å²) < 4.78 is 4.88. The molecule has 2 aromatic rings. The third-order valence-electron chi connectivity index (χ3n) is 2.37. The topological polar surface area (TPSA) is 55.0 Å². The average Bonchev–Trinajstić information content (AvgIpc) is 2.87. The second-order valence-electron chi connectivity index (χ2n) is 3.70. The van der Waals surface area contributed by atoms with Crippen LogP contribution in [-0.4, -0.2) is 22.5 Å². The Bertz CT molecular complexity index is 571. The van der Waals surface area contributed by atoms with Gasteiger partial charge < -0.3 is 9.72 Å². The minimum atomic E-state index is -0.389. The molecule has 0 aliphatic carbocycles. The maximum atomic E-state index is 11.5. The summed E-state index contributed by atoms with van der Waals surface area (Å²) >= 11 is 7.55. The highest BCUT2D eigenvalue weighted by Gasteiger charge is 2.10. The summed E-state index contributed by atoms with van der Waals surface area (Å²) in [6, 6.07) is 7.64. The molecule has 0 unspecified atom stereocenters.